The van der Waals surface area contributed by atoms with E-state index in [1.807, 2.05) is 53.4 Å². The summed E-state index contributed by atoms with van der Waals surface area (Å²) >= 11 is 6.52. The number of nitrogens with one attached hydrogen (secondary N) is 1. The second-order valence-electron chi connectivity index (χ2n) is 12.1. The Labute approximate surface area is 277 Å². The normalized spacial score (nSPS) is 19.0. The van der Waals surface area contributed by atoms with Gasteiger partial charge in [-0.25, -0.2) is 13.6 Å². The highest BCUT2D eigenvalue weighted by Gasteiger charge is 2.47. The van der Waals surface area contributed by atoms with E-state index in [4.69, 9.17) is 21.1 Å². The molecule has 2 amide bonds. The molecule has 2 fully saturated rings. The largest absolute Gasteiger partial charge is 0.488 e. The summed E-state index contributed by atoms with van der Waals surface area (Å²) in [5, 5.41) is 4.02. The molecule has 1 saturated heterocycles. The van der Waals surface area contributed by atoms with Gasteiger partial charge in [-0.3, -0.25) is 9.69 Å². The quantitative estimate of drug-likeness (QED) is 0.178. The van der Waals surface area contributed by atoms with Crippen LogP contribution in [0, 0.1) is 17.5 Å². The number of aryl methyl sites for hydroxylation is 1. The molecule has 2 aliphatic heterocycles. The summed E-state index contributed by atoms with van der Waals surface area (Å²) in [4.78, 5) is 31.5. The monoisotopic (exact) mass is 667 g/mol. The molecule has 248 valence electrons. The molecule has 6 rings (SSSR count). The van der Waals surface area contributed by atoms with Crippen LogP contribution in [0.5, 0.6) is 5.75 Å². The van der Waals surface area contributed by atoms with Crippen molar-refractivity contribution >= 4 is 29.2 Å². The number of fused-ring (bicyclic) bond motifs is 2. The maximum atomic E-state index is 14.7. The van der Waals surface area contributed by atoms with Gasteiger partial charge in [-0.1, -0.05) is 54.1 Å². The highest BCUT2D eigenvalue weighted by Crippen LogP contribution is 2.40. The van der Waals surface area contributed by atoms with Crippen LogP contribution in [0.1, 0.15) is 49.3 Å². The van der Waals surface area contributed by atoms with E-state index in [2.05, 4.69) is 5.32 Å². The van der Waals surface area contributed by atoms with Crippen LogP contribution in [0.2, 0.25) is 5.02 Å². The molecule has 11 heteroatoms. The van der Waals surface area contributed by atoms with Crippen LogP contribution in [0.25, 0.3) is 5.57 Å². The summed E-state index contributed by atoms with van der Waals surface area (Å²) in [7, 11) is 0. The van der Waals surface area contributed by atoms with Gasteiger partial charge in [0.05, 0.1) is 25.3 Å². The topological polar surface area (TPSA) is 71.1 Å². The highest BCUT2D eigenvalue weighted by molar-refractivity contribution is 6.31. The van der Waals surface area contributed by atoms with E-state index in [1.54, 1.807) is 11.8 Å². The van der Waals surface area contributed by atoms with Gasteiger partial charge in [0.2, 0.25) is 5.82 Å². The molecule has 7 nitrogen and oxygen atoms in total. The maximum absolute atomic E-state index is 14.7. The molecule has 3 aromatic rings. The molecule has 1 aliphatic carbocycles. The third-order valence-electron chi connectivity index (χ3n) is 8.96. The SMILES string of the molecule is CCOC(=O)N1[C@H]2CNC[C@@H]1C(C(=O)N(Cc1ccccc1Cl)C1CC1)=C(c1ccc(CCCOc3c(F)ccc(F)c3F)cc1)C2. The molecule has 2 heterocycles. The van der Waals surface area contributed by atoms with Crippen molar-refractivity contribution in [2.45, 2.75) is 63.7 Å². The van der Waals surface area contributed by atoms with E-state index < -0.39 is 35.3 Å². The number of hydrogen-bond donors (Lipinski definition) is 1. The van der Waals surface area contributed by atoms with Gasteiger partial charge in [0.1, 0.15) is 0 Å². The lowest BCUT2D eigenvalue weighted by Gasteiger charge is -2.47. The van der Waals surface area contributed by atoms with Crippen molar-refractivity contribution in [1.82, 2.24) is 15.1 Å². The van der Waals surface area contributed by atoms with E-state index in [-0.39, 0.29) is 31.2 Å². The van der Waals surface area contributed by atoms with Crippen LogP contribution in [0.4, 0.5) is 18.0 Å². The van der Waals surface area contributed by atoms with Gasteiger partial charge in [-0.15, -0.1) is 0 Å². The Bertz CT molecular complexity index is 1660. The van der Waals surface area contributed by atoms with Crippen molar-refractivity contribution in [1.29, 1.82) is 0 Å². The number of carbonyl (C=O) groups excluding carboxylic acids is 2. The lowest BCUT2D eigenvalue weighted by Crippen LogP contribution is -2.63. The van der Waals surface area contributed by atoms with Gasteiger partial charge in [-0.05, 0) is 79.5 Å². The van der Waals surface area contributed by atoms with Gasteiger partial charge in [0.25, 0.3) is 5.91 Å². The molecule has 0 radical (unpaired) electrons. The van der Waals surface area contributed by atoms with Gasteiger partial charge >= 0.3 is 6.09 Å². The third-order valence-corrected chi connectivity index (χ3v) is 9.33. The van der Waals surface area contributed by atoms with Crippen LogP contribution in [-0.2, 0) is 22.5 Å². The van der Waals surface area contributed by atoms with Crippen molar-refractivity contribution in [3.63, 3.8) is 0 Å². The van der Waals surface area contributed by atoms with Crippen molar-refractivity contribution in [2.24, 2.45) is 0 Å². The van der Waals surface area contributed by atoms with Crippen molar-refractivity contribution in [2.75, 3.05) is 26.3 Å². The Balaban J connectivity index is 1.26. The molecule has 0 spiro atoms. The number of halogens is 4. The summed E-state index contributed by atoms with van der Waals surface area (Å²) in [5.41, 5.74) is 4.22. The Kier molecular flexibility index (Phi) is 10.1. The lowest BCUT2D eigenvalue weighted by atomic mass is 9.81. The van der Waals surface area contributed by atoms with Gasteiger partial charge in [-0.2, -0.15) is 4.39 Å². The van der Waals surface area contributed by atoms with Crippen molar-refractivity contribution in [3.8, 4) is 5.75 Å². The van der Waals surface area contributed by atoms with Gasteiger partial charge in [0, 0.05) is 36.3 Å². The Morgan fingerprint density at radius 1 is 1.00 bits per heavy atom. The minimum atomic E-state index is -1.34. The molecular weight excluding hydrogens is 631 g/mol. The summed E-state index contributed by atoms with van der Waals surface area (Å²) in [6.07, 6.45) is 2.87. The Morgan fingerprint density at radius 2 is 1.74 bits per heavy atom. The predicted octanol–water partition coefficient (Wildman–Crippen LogP) is 6.92. The second kappa shape index (κ2) is 14.4. The lowest BCUT2D eigenvalue weighted by molar-refractivity contribution is -0.129. The summed E-state index contributed by atoms with van der Waals surface area (Å²) in [5.74, 6) is -4.28. The number of ether oxygens (including phenoxy) is 2. The molecule has 0 aromatic heterocycles. The van der Waals surface area contributed by atoms with Gasteiger partial charge in [0.15, 0.2) is 17.4 Å². The summed E-state index contributed by atoms with van der Waals surface area (Å²) in [6, 6.07) is 16.4. The highest BCUT2D eigenvalue weighted by atomic mass is 35.5. The molecule has 1 N–H and O–H groups in total. The average molecular weight is 668 g/mol. The molecule has 2 atom stereocenters. The first-order valence-electron chi connectivity index (χ1n) is 16.1. The molecular formula is C36H37ClF3N3O4. The molecule has 1 saturated carbocycles. The minimum Gasteiger partial charge on any atom is -0.488 e. The summed E-state index contributed by atoms with van der Waals surface area (Å²) < 4.78 is 52.0. The second-order valence-corrected chi connectivity index (χ2v) is 12.5. The average Bonchev–Trinajstić information content (AvgIpc) is 3.91. The van der Waals surface area contributed by atoms with E-state index in [0.29, 0.717) is 49.5 Å². The zero-order chi connectivity index (χ0) is 33.1. The van der Waals surface area contributed by atoms with E-state index >= 15 is 0 Å². The van der Waals surface area contributed by atoms with Crippen molar-refractivity contribution in [3.05, 3.63) is 105 Å². The first kappa shape index (κ1) is 32.9. The molecule has 2 bridgehead atoms. The number of piperazine rings is 1. The smallest absolute Gasteiger partial charge is 0.410 e. The number of benzene rings is 3. The number of carbonyl (C=O) groups is 2. The van der Waals surface area contributed by atoms with Gasteiger partial charge < -0.3 is 19.7 Å². The zero-order valence-corrected chi connectivity index (χ0v) is 26.9. The standard InChI is InChI=1S/C36H37ClF3N3O4/c1-2-46-36(45)43-26-18-27(23-11-9-22(10-12-23)6-5-17-47-34-30(39)16-15-29(38)33(34)40)32(31(43)20-41-19-26)35(44)42(25-13-14-25)21-24-7-3-4-8-28(24)37/h3-4,7-12,15-16,25-26,31,41H,2,5-6,13-14,17-21H2,1H3/t26-,31-/m1/s1. The van der Waals surface area contributed by atoms with Crippen LogP contribution >= 0.6 is 11.6 Å². The predicted molar refractivity (Wildman–Crippen MR) is 172 cm³/mol. The first-order chi connectivity index (χ1) is 22.8. The van der Waals surface area contributed by atoms with Crippen LogP contribution < -0.4 is 10.1 Å². The fraction of sp³-hybridized carbons (Fsp3) is 0.389. The van der Waals surface area contributed by atoms with E-state index in [0.717, 1.165) is 47.2 Å². The number of nitrogens with zero attached hydrogens (tertiary/aromatic N) is 2. The molecule has 3 aromatic carbocycles. The Morgan fingerprint density at radius 3 is 2.47 bits per heavy atom. The van der Waals surface area contributed by atoms with E-state index in [9.17, 15) is 22.8 Å². The number of hydrogen-bond acceptors (Lipinski definition) is 5. The maximum Gasteiger partial charge on any atom is 0.410 e. The van der Waals surface area contributed by atoms with E-state index in [1.165, 1.54) is 0 Å². The zero-order valence-electron chi connectivity index (χ0n) is 26.1. The molecule has 3 aliphatic rings. The Hall–Kier alpha value is -4.02. The first-order valence-corrected chi connectivity index (χ1v) is 16.4. The fourth-order valence-corrected chi connectivity index (χ4v) is 6.69. The fourth-order valence-electron chi connectivity index (χ4n) is 6.50. The number of rotatable bonds is 11. The minimum absolute atomic E-state index is 0.00529. The molecule has 0 unspecified atom stereocenters. The number of amides is 2. The van der Waals surface area contributed by atoms with Crippen molar-refractivity contribution < 1.29 is 32.2 Å². The van der Waals surface area contributed by atoms with Crippen LogP contribution in [-0.4, -0.2) is 66.2 Å². The summed E-state index contributed by atoms with van der Waals surface area (Å²) in [6.45, 7) is 3.39. The van der Waals surface area contributed by atoms with Crippen LogP contribution in [0.3, 0.4) is 0 Å². The third kappa shape index (κ3) is 7.13. The molecule has 47 heavy (non-hydrogen) atoms. The van der Waals surface area contributed by atoms with Crippen LogP contribution in [0.15, 0.2) is 66.2 Å².